The number of primary amides is 1. The third-order valence-corrected chi connectivity index (χ3v) is 3.15. The van der Waals surface area contributed by atoms with Crippen molar-refractivity contribution in [1.82, 2.24) is 9.80 Å². The molecule has 0 bridgehead atoms. The first-order chi connectivity index (χ1) is 9.06. The second-order valence-corrected chi connectivity index (χ2v) is 4.58. The Kier molecular flexibility index (Phi) is 5.79. The number of amides is 2. The van der Waals surface area contributed by atoms with Gasteiger partial charge in [0.1, 0.15) is 5.75 Å². The van der Waals surface area contributed by atoms with Crippen molar-refractivity contribution in [2.24, 2.45) is 5.73 Å². The Morgan fingerprint density at radius 1 is 1.10 bits per heavy atom. The highest BCUT2D eigenvalue weighted by molar-refractivity contribution is 5.94. The molecule has 0 unspecified atom stereocenters. The summed E-state index contributed by atoms with van der Waals surface area (Å²) in [6.07, 6.45) is 0. The van der Waals surface area contributed by atoms with Gasteiger partial charge in [-0.05, 0) is 24.3 Å². The number of aromatic hydroxyl groups is 1. The first-order valence-corrected chi connectivity index (χ1v) is 6.15. The molecule has 1 aliphatic rings. The van der Waals surface area contributed by atoms with Crippen molar-refractivity contribution in [2.75, 3.05) is 32.7 Å². The third kappa shape index (κ3) is 4.11. The van der Waals surface area contributed by atoms with Crippen LogP contribution in [-0.2, 0) is 4.79 Å². The largest absolute Gasteiger partial charge is 0.508 e. The molecular formula is C13H18ClN3O3. The summed E-state index contributed by atoms with van der Waals surface area (Å²) in [6, 6.07) is 6.20. The van der Waals surface area contributed by atoms with Gasteiger partial charge in [0.2, 0.25) is 5.91 Å². The number of nitrogens with two attached hydrogens (primary N) is 1. The number of piperazine rings is 1. The molecule has 1 fully saturated rings. The van der Waals surface area contributed by atoms with Crippen LogP contribution in [-0.4, -0.2) is 59.4 Å². The molecule has 0 aromatic heterocycles. The van der Waals surface area contributed by atoms with Gasteiger partial charge in [0, 0.05) is 31.7 Å². The van der Waals surface area contributed by atoms with Gasteiger partial charge in [-0.25, -0.2) is 0 Å². The quantitative estimate of drug-likeness (QED) is 0.826. The third-order valence-electron chi connectivity index (χ3n) is 3.15. The van der Waals surface area contributed by atoms with Crippen molar-refractivity contribution in [1.29, 1.82) is 0 Å². The van der Waals surface area contributed by atoms with Gasteiger partial charge in [0.25, 0.3) is 5.91 Å². The molecule has 20 heavy (non-hydrogen) atoms. The maximum absolute atomic E-state index is 12.2. The molecule has 1 aliphatic heterocycles. The molecule has 2 rings (SSSR count). The number of benzene rings is 1. The summed E-state index contributed by atoms with van der Waals surface area (Å²) in [5.41, 5.74) is 5.69. The molecule has 0 atom stereocenters. The van der Waals surface area contributed by atoms with Crippen molar-refractivity contribution in [3.63, 3.8) is 0 Å². The topological polar surface area (TPSA) is 86.9 Å². The summed E-state index contributed by atoms with van der Waals surface area (Å²) < 4.78 is 0. The monoisotopic (exact) mass is 299 g/mol. The van der Waals surface area contributed by atoms with Gasteiger partial charge in [-0.15, -0.1) is 12.4 Å². The summed E-state index contributed by atoms with van der Waals surface area (Å²) in [5.74, 6) is -0.264. The van der Waals surface area contributed by atoms with E-state index in [0.717, 1.165) is 0 Å². The van der Waals surface area contributed by atoms with Gasteiger partial charge in [-0.1, -0.05) is 0 Å². The zero-order chi connectivity index (χ0) is 13.8. The molecule has 110 valence electrons. The van der Waals surface area contributed by atoms with Crippen LogP contribution in [0.2, 0.25) is 0 Å². The molecule has 1 saturated heterocycles. The Hall–Kier alpha value is -1.79. The zero-order valence-corrected chi connectivity index (χ0v) is 11.8. The fourth-order valence-corrected chi connectivity index (χ4v) is 2.12. The lowest BCUT2D eigenvalue weighted by molar-refractivity contribution is -0.119. The fourth-order valence-electron chi connectivity index (χ4n) is 2.12. The standard InChI is InChI=1S/C13H17N3O3.ClH/c14-12(18)9-15-5-7-16(8-6-15)13(19)10-1-3-11(17)4-2-10;/h1-4,17H,5-9H2,(H2,14,18);1H. The average Bonchev–Trinajstić information content (AvgIpc) is 2.39. The first kappa shape index (κ1) is 16.3. The van der Waals surface area contributed by atoms with Crippen LogP contribution in [0, 0.1) is 0 Å². The minimum atomic E-state index is -0.349. The molecule has 3 N–H and O–H groups in total. The van der Waals surface area contributed by atoms with E-state index in [4.69, 9.17) is 5.73 Å². The Labute approximate surface area is 123 Å². The highest BCUT2D eigenvalue weighted by atomic mass is 35.5. The highest BCUT2D eigenvalue weighted by Gasteiger charge is 2.22. The molecule has 2 amide bonds. The molecule has 1 aromatic rings. The molecular weight excluding hydrogens is 282 g/mol. The SMILES string of the molecule is Cl.NC(=O)CN1CCN(C(=O)c2ccc(O)cc2)CC1. The molecule has 1 heterocycles. The average molecular weight is 300 g/mol. The minimum absolute atomic E-state index is 0. The summed E-state index contributed by atoms with van der Waals surface area (Å²) in [7, 11) is 0. The number of phenolic OH excluding ortho intramolecular Hbond substituents is 1. The van der Waals surface area contributed by atoms with Crippen molar-refractivity contribution < 1.29 is 14.7 Å². The smallest absolute Gasteiger partial charge is 0.253 e. The van der Waals surface area contributed by atoms with E-state index in [-0.39, 0.29) is 36.5 Å². The molecule has 6 nitrogen and oxygen atoms in total. The minimum Gasteiger partial charge on any atom is -0.508 e. The molecule has 0 radical (unpaired) electrons. The van der Waals surface area contributed by atoms with E-state index in [1.807, 2.05) is 4.90 Å². The number of carbonyl (C=O) groups is 2. The predicted octanol–water partition coefficient (Wildman–Crippen LogP) is 0.0571. The first-order valence-electron chi connectivity index (χ1n) is 6.15. The van der Waals surface area contributed by atoms with E-state index in [2.05, 4.69) is 0 Å². The predicted molar refractivity (Wildman–Crippen MR) is 76.9 cm³/mol. The number of hydrogen-bond acceptors (Lipinski definition) is 4. The highest BCUT2D eigenvalue weighted by Crippen LogP contribution is 2.13. The van der Waals surface area contributed by atoms with Gasteiger partial charge in [-0.3, -0.25) is 14.5 Å². The lowest BCUT2D eigenvalue weighted by Crippen LogP contribution is -2.50. The molecule has 0 saturated carbocycles. The number of carbonyl (C=O) groups excluding carboxylic acids is 2. The van der Waals surface area contributed by atoms with Crippen LogP contribution < -0.4 is 5.73 Å². The molecule has 7 heteroatoms. The van der Waals surface area contributed by atoms with Crippen LogP contribution in [0.15, 0.2) is 24.3 Å². The fraction of sp³-hybridized carbons (Fsp3) is 0.385. The summed E-state index contributed by atoms with van der Waals surface area (Å²) >= 11 is 0. The van der Waals surface area contributed by atoms with E-state index in [1.54, 1.807) is 17.0 Å². The van der Waals surface area contributed by atoms with Crippen molar-refractivity contribution >= 4 is 24.2 Å². The normalized spacial score (nSPS) is 15.5. The molecule has 0 aliphatic carbocycles. The van der Waals surface area contributed by atoms with Gasteiger partial charge in [0.05, 0.1) is 6.54 Å². The lowest BCUT2D eigenvalue weighted by atomic mass is 10.1. The van der Waals surface area contributed by atoms with Crippen molar-refractivity contribution in [2.45, 2.75) is 0 Å². The van der Waals surface area contributed by atoms with Crippen LogP contribution in [0.25, 0.3) is 0 Å². The van der Waals surface area contributed by atoms with Crippen LogP contribution in [0.1, 0.15) is 10.4 Å². The van der Waals surface area contributed by atoms with Crippen LogP contribution in [0.3, 0.4) is 0 Å². The van der Waals surface area contributed by atoms with E-state index in [9.17, 15) is 14.7 Å². The second-order valence-electron chi connectivity index (χ2n) is 4.58. The van der Waals surface area contributed by atoms with E-state index in [1.165, 1.54) is 12.1 Å². The lowest BCUT2D eigenvalue weighted by Gasteiger charge is -2.34. The van der Waals surface area contributed by atoms with Crippen LogP contribution in [0.5, 0.6) is 5.75 Å². The number of rotatable bonds is 3. The maximum atomic E-state index is 12.2. The molecule has 1 aromatic carbocycles. The van der Waals surface area contributed by atoms with Crippen molar-refractivity contribution in [3.05, 3.63) is 29.8 Å². The van der Waals surface area contributed by atoms with E-state index in [0.29, 0.717) is 31.7 Å². The summed E-state index contributed by atoms with van der Waals surface area (Å²) in [5, 5.41) is 9.19. The van der Waals surface area contributed by atoms with Crippen molar-refractivity contribution in [3.8, 4) is 5.75 Å². The van der Waals surface area contributed by atoms with Gasteiger partial charge in [-0.2, -0.15) is 0 Å². The Morgan fingerprint density at radius 3 is 2.15 bits per heavy atom. The summed E-state index contributed by atoms with van der Waals surface area (Å²) in [4.78, 5) is 26.7. The van der Waals surface area contributed by atoms with Gasteiger partial charge in [0.15, 0.2) is 0 Å². The number of hydrogen-bond donors (Lipinski definition) is 2. The Bertz CT molecular complexity index is 470. The van der Waals surface area contributed by atoms with Gasteiger partial charge >= 0.3 is 0 Å². The number of nitrogens with zero attached hydrogens (tertiary/aromatic N) is 2. The van der Waals surface area contributed by atoms with Crippen LogP contribution in [0.4, 0.5) is 0 Å². The zero-order valence-electron chi connectivity index (χ0n) is 11.0. The number of phenols is 1. The maximum Gasteiger partial charge on any atom is 0.253 e. The number of halogens is 1. The summed E-state index contributed by atoms with van der Waals surface area (Å²) in [6.45, 7) is 2.68. The molecule has 0 spiro atoms. The van der Waals surface area contributed by atoms with E-state index >= 15 is 0 Å². The van der Waals surface area contributed by atoms with E-state index < -0.39 is 0 Å². The van der Waals surface area contributed by atoms with Gasteiger partial charge < -0.3 is 15.7 Å². The Morgan fingerprint density at radius 2 is 1.65 bits per heavy atom. The Balaban J connectivity index is 0.00000200. The second kappa shape index (κ2) is 7.12. The van der Waals surface area contributed by atoms with Crippen LogP contribution >= 0.6 is 12.4 Å².